The van der Waals surface area contributed by atoms with Gasteiger partial charge in [-0.2, -0.15) is 0 Å². The number of carbonyl (C=O) groups excluding carboxylic acids is 3. The van der Waals surface area contributed by atoms with Crippen molar-refractivity contribution in [2.45, 2.75) is 20.0 Å². The molecule has 0 saturated heterocycles. The van der Waals surface area contributed by atoms with Gasteiger partial charge in [-0.05, 0) is 24.6 Å². The molecule has 1 unspecified atom stereocenters. The lowest BCUT2D eigenvalue weighted by atomic mass is 9.99. The Kier molecular flexibility index (Phi) is 6.98. The Morgan fingerprint density at radius 1 is 1.21 bits per heavy atom. The lowest BCUT2D eigenvalue weighted by molar-refractivity contribution is -0.147. The second kappa shape index (κ2) is 8.71. The molecule has 0 aliphatic carbocycles. The second-order valence-corrected chi connectivity index (χ2v) is 4.69. The molecule has 0 N–H and O–H groups in total. The molecule has 0 fully saturated rings. The second-order valence-electron chi connectivity index (χ2n) is 4.69. The van der Waals surface area contributed by atoms with Crippen LogP contribution in [-0.2, 0) is 23.8 Å². The molecule has 0 heterocycles. The lowest BCUT2D eigenvalue weighted by Gasteiger charge is -2.20. The molecule has 0 aliphatic rings. The smallest absolute Gasteiger partial charge is 0.341 e. The van der Waals surface area contributed by atoms with E-state index in [1.807, 2.05) is 0 Å². The monoisotopic (exact) mass is 336 g/mol. The summed E-state index contributed by atoms with van der Waals surface area (Å²) >= 11 is 0. The molecule has 0 bridgehead atoms. The Morgan fingerprint density at radius 3 is 2.38 bits per heavy atom. The van der Waals surface area contributed by atoms with Crippen molar-refractivity contribution in [3.63, 3.8) is 0 Å². The van der Waals surface area contributed by atoms with Crippen LogP contribution >= 0.6 is 0 Å². The number of methoxy groups -OCH3 is 2. The van der Waals surface area contributed by atoms with E-state index in [9.17, 15) is 14.4 Å². The molecule has 7 heteroatoms. The molecule has 1 rings (SSSR count). The molecule has 0 saturated carbocycles. The predicted octanol–water partition coefficient (Wildman–Crippen LogP) is 2.21. The summed E-state index contributed by atoms with van der Waals surface area (Å²) in [6, 6.07) is 4.49. The van der Waals surface area contributed by atoms with E-state index in [0.29, 0.717) is 5.56 Å². The average Bonchev–Trinajstić information content (AvgIpc) is 2.57. The van der Waals surface area contributed by atoms with Crippen molar-refractivity contribution in [3.05, 3.63) is 41.5 Å². The van der Waals surface area contributed by atoms with Crippen molar-refractivity contribution in [1.29, 1.82) is 0 Å². The fraction of sp³-hybridized carbons (Fsp3) is 0.353. The number of carbonyl (C=O) groups is 3. The maximum atomic E-state index is 11.9. The molecule has 7 nitrogen and oxygen atoms in total. The van der Waals surface area contributed by atoms with Gasteiger partial charge in [-0.1, -0.05) is 12.6 Å². The number of esters is 3. The number of benzene rings is 1. The summed E-state index contributed by atoms with van der Waals surface area (Å²) in [6.45, 7) is 6.65. The summed E-state index contributed by atoms with van der Waals surface area (Å²) in [5.41, 5.74) is 0.434. The Bertz CT molecular complexity index is 648. The Labute approximate surface area is 140 Å². The van der Waals surface area contributed by atoms with Gasteiger partial charge in [-0.15, -0.1) is 0 Å². The average molecular weight is 336 g/mol. The Morgan fingerprint density at radius 2 is 1.88 bits per heavy atom. The highest BCUT2D eigenvalue weighted by molar-refractivity contribution is 5.93. The minimum Gasteiger partial charge on any atom is -0.496 e. The first kappa shape index (κ1) is 19.2. The highest BCUT2D eigenvalue weighted by Gasteiger charge is 2.27. The van der Waals surface area contributed by atoms with Gasteiger partial charge in [-0.3, -0.25) is 4.79 Å². The van der Waals surface area contributed by atoms with Gasteiger partial charge >= 0.3 is 17.9 Å². The van der Waals surface area contributed by atoms with Crippen LogP contribution in [0, 0.1) is 0 Å². The quantitative estimate of drug-likeness (QED) is 0.428. The van der Waals surface area contributed by atoms with E-state index in [4.69, 9.17) is 18.9 Å². The zero-order chi connectivity index (χ0) is 18.3. The third-order valence-corrected chi connectivity index (χ3v) is 3.07. The van der Waals surface area contributed by atoms with Gasteiger partial charge < -0.3 is 18.9 Å². The number of ether oxygens (including phenoxy) is 4. The van der Waals surface area contributed by atoms with Crippen LogP contribution in [0.5, 0.6) is 5.75 Å². The minimum absolute atomic E-state index is 0.0620. The highest BCUT2D eigenvalue weighted by Crippen LogP contribution is 2.30. The van der Waals surface area contributed by atoms with E-state index >= 15 is 0 Å². The first-order chi connectivity index (χ1) is 11.3. The maximum Gasteiger partial charge on any atom is 0.341 e. The number of rotatable bonds is 7. The molecule has 1 aromatic rings. The molecule has 1 aromatic carbocycles. The summed E-state index contributed by atoms with van der Waals surface area (Å²) in [7, 11) is 2.64. The van der Waals surface area contributed by atoms with E-state index in [1.54, 1.807) is 13.0 Å². The topological polar surface area (TPSA) is 88.1 Å². The van der Waals surface area contributed by atoms with E-state index in [-0.39, 0.29) is 23.5 Å². The molecule has 0 aliphatic heterocycles. The summed E-state index contributed by atoms with van der Waals surface area (Å²) in [5.74, 6) is -1.65. The van der Waals surface area contributed by atoms with E-state index in [0.717, 1.165) is 0 Å². The van der Waals surface area contributed by atoms with E-state index in [1.165, 1.54) is 33.3 Å². The predicted molar refractivity (Wildman–Crippen MR) is 84.6 cm³/mol. The normalized spacial score (nSPS) is 11.2. The molecule has 0 radical (unpaired) electrons. The van der Waals surface area contributed by atoms with Crippen LogP contribution in [-0.4, -0.2) is 38.7 Å². The zero-order valence-corrected chi connectivity index (χ0v) is 14.1. The third kappa shape index (κ3) is 4.58. The van der Waals surface area contributed by atoms with Crippen LogP contribution in [0.25, 0.3) is 0 Å². The molecule has 0 amide bonds. The number of hydrogen-bond acceptors (Lipinski definition) is 7. The Hall–Kier alpha value is -2.83. The van der Waals surface area contributed by atoms with Crippen molar-refractivity contribution in [1.82, 2.24) is 0 Å². The van der Waals surface area contributed by atoms with Gasteiger partial charge in [0.2, 0.25) is 0 Å². The summed E-state index contributed by atoms with van der Waals surface area (Å²) < 4.78 is 19.9. The highest BCUT2D eigenvalue weighted by atomic mass is 16.6. The first-order valence-corrected chi connectivity index (χ1v) is 7.15. The van der Waals surface area contributed by atoms with Gasteiger partial charge in [-0.25, -0.2) is 9.59 Å². The largest absolute Gasteiger partial charge is 0.496 e. The molecule has 0 aromatic heterocycles. The van der Waals surface area contributed by atoms with Crippen molar-refractivity contribution in [2.75, 3.05) is 20.8 Å². The standard InChI is InChI=1S/C17H20O7/c1-6-23-16(19)10(2)15(24-11(3)18)12-7-8-14(21-4)13(9-12)17(20)22-5/h7-9,15H,2,6H2,1,3-5H3. The van der Waals surface area contributed by atoms with Crippen molar-refractivity contribution in [2.24, 2.45) is 0 Å². The Balaban J connectivity index is 3.32. The van der Waals surface area contributed by atoms with Crippen molar-refractivity contribution >= 4 is 17.9 Å². The first-order valence-electron chi connectivity index (χ1n) is 7.15. The van der Waals surface area contributed by atoms with Gasteiger partial charge in [0, 0.05) is 6.92 Å². The fourth-order valence-electron chi connectivity index (χ4n) is 2.00. The zero-order valence-electron chi connectivity index (χ0n) is 14.1. The van der Waals surface area contributed by atoms with Gasteiger partial charge in [0.15, 0.2) is 6.10 Å². The molecular formula is C17H20O7. The van der Waals surface area contributed by atoms with Crippen LogP contribution in [0.3, 0.4) is 0 Å². The SMILES string of the molecule is C=C(C(=O)OCC)C(OC(C)=O)c1ccc(OC)c(C(=O)OC)c1. The molecule has 130 valence electrons. The van der Waals surface area contributed by atoms with Crippen molar-refractivity contribution in [3.8, 4) is 5.75 Å². The van der Waals surface area contributed by atoms with Crippen LogP contribution in [0.1, 0.15) is 35.9 Å². The number of hydrogen-bond donors (Lipinski definition) is 0. The van der Waals surface area contributed by atoms with Gasteiger partial charge in [0.05, 0.1) is 26.4 Å². The molecule has 0 spiro atoms. The maximum absolute atomic E-state index is 11.9. The molecule has 1 atom stereocenters. The lowest BCUT2D eigenvalue weighted by Crippen LogP contribution is -2.19. The fourth-order valence-corrected chi connectivity index (χ4v) is 2.00. The minimum atomic E-state index is -1.09. The van der Waals surface area contributed by atoms with Crippen LogP contribution < -0.4 is 4.74 Å². The van der Waals surface area contributed by atoms with Crippen LogP contribution in [0.2, 0.25) is 0 Å². The van der Waals surface area contributed by atoms with Gasteiger partial charge in [0.25, 0.3) is 0 Å². The van der Waals surface area contributed by atoms with Crippen molar-refractivity contribution < 1.29 is 33.3 Å². The van der Waals surface area contributed by atoms with Gasteiger partial charge in [0.1, 0.15) is 11.3 Å². The molecular weight excluding hydrogens is 316 g/mol. The van der Waals surface area contributed by atoms with Crippen LogP contribution in [0.15, 0.2) is 30.4 Å². The molecule has 24 heavy (non-hydrogen) atoms. The van der Waals surface area contributed by atoms with Crippen LogP contribution in [0.4, 0.5) is 0 Å². The summed E-state index contributed by atoms with van der Waals surface area (Å²) in [5, 5.41) is 0. The summed E-state index contributed by atoms with van der Waals surface area (Å²) in [4.78, 5) is 35.2. The third-order valence-electron chi connectivity index (χ3n) is 3.07. The summed E-state index contributed by atoms with van der Waals surface area (Å²) in [6.07, 6.45) is -1.09. The van der Waals surface area contributed by atoms with E-state index in [2.05, 4.69) is 6.58 Å². The van der Waals surface area contributed by atoms with E-state index < -0.39 is 24.0 Å².